The summed E-state index contributed by atoms with van der Waals surface area (Å²) in [7, 11) is 0. The zero-order chi connectivity index (χ0) is 21.7. The summed E-state index contributed by atoms with van der Waals surface area (Å²) in [4.78, 5) is 17.1. The van der Waals surface area contributed by atoms with Crippen LogP contribution in [0.4, 0.5) is 5.69 Å². The van der Waals surface area contributed by atoms with E-state index < -0.39 is 0 Å². The molecule has 31 heavy (non-hydrogen) atoms. The number of ether oxygens (including phenoxy) is 1. The third kappa shape index (κ3) is 7.09. The van der Waals surface area contributed by atoms with E-state index in [1.807, 2.05) is 54.7 Å². The van der Waals surface area contributed by atoms with Gasteiger partial charge in [-0.05, 0) is 43.5 Å². The molecule has 0 aliphatic heterocycles. The molecule has 3 rings (SSSR count). The van der Waals surface area contributed by atoms with Crippen LogP contribution in [-0.2, 0) is 0 Å². The summed E-state index contributed by atoms with van der Waals surface area (Å²) >= 11 is 0. The largest absolute Gasteiger partial charge is 0.493 e. The van der Waals surface area contributed by atoms with Gasteiger partial charge in [-0.2, -0.15) is 0 Å². The van der Waals surface area contributed by atoms with Crippen LogP contribution >= 0.6 is 0 Å². The third-order valence-corrected chi connectivity index (χ3v) is 5.49. The number of aromatic nitrogens is 1. The highest BCUT2D eigenvalue weighted by Crippen LogP contribution is 2.22. The normalized spacial score (nSPS) is 10.9. The Labute approximate surface area is 186 Å². The van der Waals surface area contributed by atoms with Gasteiger partial charge in [0.15, 0.2) is 5.78 Å². The molecule has 164 valence electrons. The maximum Gasteiger partial charge on any atom is 0.166 e. The lowest BCUT2D eigenvalue weighted by Crippen LogP contribution is -2.06. The molecule has 2 aromatic carbocycles. The molecule has 1 aromatic heterocycles. The summed E-state index contributed by atoms with van der Waals surface area (Å²) in [6, 6.07) is 17.8. The van der Waals surface area contributed by atoms with Gasteiger partial charge >= 0.3 is 0 Å². The number of fused-ring (bicyclic) bond motifs is 1. The van der Waals surface area contributed by atoms with E-state index in [1.54, 1.807) is 0 Å². The second-order valence-corrected chi connectivity index (χ2v) is 7.94. The molecule has 0 aliphatic carbocycles. The third-order valence-electron chi connectivity index (χ3n) is 5.49. The van der Waals surface area contributed by atoms with Crippen LogP contribution in [0, 0.1) is 0 Å². The predicted molar refractivity (Wildman–Crippen MR) is 129 cm³/mol. The molecule has 0 aliphatic rings. The average molecular weight is 419 g/mol. The van der Waals surface area contributed by atoms with E-state index in [1.165, 1.54) is 19.3 Å². The first kappa shape index (κ1) is 22.8. The fourth-order valence-corrected chi connectivity index (χ4v) is 3.73. The minimum absolute atomic E-state index is 0.178. The molecule has 0 unspecified atom stereocenters. The number of nitrogens with zero attached hydrogens (tertiary/aromatic N) is 1. The first-order valence-corrected chi connectivity index (χ1v) is 11.6. The van der Waals surface area contributed by atoms with Crippen molar-refractivity contribution in [3.63, 3.8) is 0 Å². The van der Waals surface area contributed by atoms with E-state index in [2.05, 4.69) is 23.3 Å². The van der Waals surface area contributed by atoms with Crippen LogP contribution in [-0.4, -0.2) is 23.9 Å². The van der Waals surface area contributed by atoms with Gasteiger partial charge in [-0.25, -0.2) is 0 Å². The summed E-state index contributed by atoms with van der Waals surface area (Å²) < 4.78 is 5.90. The van der Waals surface area contributed by atoms with Crippen LogP contribution in [0.3, 0.4) is 0 Å². The Morgan fingerprint density at radius 3 is 2.61 bits per heavy atom. The van der Waals surface area contributed by atoms with E-state index in [-0.39, 0.29) is 5.78 Å². The lowest BCUT2D eigenvalue weighted by atomic mass is 10.0. The minimum Gasteiger partial charge on any atom is -0.493 e. The molecule has 0 spiro atoms. The molecule has 1 heterocycles. The van der Waals surface area contributed by atoms with Gasteiger partial charge in [0, 0.05) is 30.2 Å². The molecule has 0 fully saturated rings. The maximum atomic E-state index is 12.7. The Kier molecular flexibility index (Phi) is 9.36. The van der Waals surface area contributed by atoms with Crippen molar-refractivity contribution in [2.45, 2.75) is 58.3 Å². The van der Waals surface area contributed by atoms with Crippen LogP contribution in [0.15, 0.2) is 60.8 Å². The van der Waals surface area contributed by atoms with Gasteiger partial charge in [-0.1, -0.05) is 62.9 Å². The molecule has 0 bridgehead atoms. The van der Waals surface area contributed by atoms with Crippen LogP contribution < -0.4 is 10.1 Å². The van der Waals surface area contributed by atoms with E-state index in [0.29, 0.717) is 13.0 Å². The van der Waals surface area contributed by atoms with E-state index >= 15 is 0 Å². The van der Waals surface area contributed by atoms with Crippen LogP contribution in [0.5, 0.6) is 5.75 Å². The highest BCUT2D eigenvalue weighted by molar-refractivity contribution is 5.98. The quantitative estimate of drug-likeness (QED) is 0.225. The number of benzene rings is 2. The van der Waals surface area contributed by atoms with Crippen LogP contribution in [0.2, 0.25) is 0 Å². The SMILES string of the molecule is CCCCCCOc1ccccc1C(=O)CCCCCNc1ccnc2ccccc12. The molecule has 0 radical (unpaired) electrons. The summed E-state index contributed by atoms with van der Waals surface area (Å²) in [5.41, 5.74) is 2.84. The zero-order valence-corrected chi connectivity index (χ0v) is 18.6. The van der Waals surface area contributed by atoms with Gasteiger partial charge in [0.2, 0.25) is 0 Å². The lowest BCUT2D eigenvalue weighted by Gasteiger charge is -2.11. The van der Waals surface area contributed by atoms with E-state index in [0.717, 1.165) is 60.1 Å². The topological polar surface area (TPSA) is 51.2 Å². The monoisotopic (exact) mass is 418 g/mol. The summed E-state index contributed by atoms with van der Waals surface area (Å²) in [5.74, 6) is 0.910. The number of ketones is 1. The van der Waals surface area contributed by atoms with Crippen molar-refractivity contribution < 1.29 is 9.53 Å². The van der Waals surface area contributed by atoms with E-state index in [4.69, 9.17) is 4.74 Å². The van der Waals surface area contributed by atoms with Gasteiger partial charge < -0.3 is 10.1 Å². The number of nitrogens with one attached hydrogen (secondary N) is 1. The molecule has 0 atom stereocenters. The van der Waals surface area contributed by atoms with Gasteiger partial charge in [0.25, 0.3) is 0 Å². The molecule has 4 heteroatoms. The second kappa shape index (κ2) is 12.7. The molecule has 0 saturated heterocycles. The number of Topliss-reactive ketones (excluding diaryl/α,β-unsaturated/α-hetero) is 1. The fourth-order valence-electron chi connectivity index (χ4n) is 3.73. The number of unbranched alkanes of at least 4 members (excludes halogenated alkanes) is 5. The molecule has 4 nitrogen and oxygen atoms in total. The number of carbonyl (C=O) groups excluding carboxylic acids is 1. The minimum atomic E-state index is 0.178. The number of para-hydroxylation sites is 2. The molecule has 1 N–H and O–H groups in total. The molecular formula is C27H34N2O2. The Morgan fingerprint density at radius 1 is 0.903 bits per heavy atom. The fraction of sp³-hybridized carbons (Fsp3) is 0.407. The molecule has 3 aromatic rings. The Hall–Kier alpha value is -2.88. The second-order valence-electron chi connectivity index (χ2n) is 7.94. The number of pyridine rings is 1. The predicted octanol–water partition coefficient (Wildman–Crippen LogP) is 7.05. The van der Waals surface area contributed by atoms with Gasteiger partial charge in [-0.15, -0.1) is 0 Å². The van der Waals surface area contributed by atoms with Gasteiger partial charge in [-0.3, -0.25) is 9.78 Å². The molecule has 0 saturated carbocycles. The van der Waals surface area contributed by atoms with Gasteiger partial charge in [0.1, 0.15) is 5.75 Å². The van der Waals surface area contributed by atoms with Crippen molar-refractivity contribution in [1.29, 1.82) is 0 Å². The number of hydrogen-bond donors (Lipinski definition) is 1. The Balaban J connectivity index is 1.38. The molecular weight excluding hydrogens is 384 g/mol. The van der Waals surface area contributed by atoms with Crippen LogP contribution in [0.25, 0.3) is 10.9 Å². The standard InChI is InChI=1S/C27H34N2O2/c1-2-3-4-12-21-31-27-17-10-8-14-23(27)26(30)16-6-5-11-19-28-25-18-20-29-24-15-9-7-13-22(24)25/h7-10,13-15,17-18,20H,2-6,11-12,16,19,21H2,1H3,(H,28,29). The van der Waals surface area contributed by atoms with Crippen molar-refractivity contribution >= 4 is 22.4 Å². The summed E-state index contributed by atoms with van der Waals surface area (Å²) in [6.07, 6.45) is 10.00. The zero-order valence-electron chi connectivity index (χ0n) is 18.6. The van der Waals surface area contributed by atoms with Crippen molar-refractivity contribution in [1.82, 2.24) is 4.98 Å². The number of anilines is 1. The first-order valence-electron chi connectivity index (χ1n) is 11.6. The Bertz CT molecular complexity index is 949. The van der Waals surface area contributed by atoms with Crippen molar-refractivity contribution in [3.05, 3.63) is 66.4 Å². The van der Waals surface area contributed by atoms with Crippen molar-refractivity contribution in [2.75, 3.05) is 18.5 Å². The number of hydrogen-bond acceptors (Lipinski definition) is 4. The number of rotatable bonds is 14. The highest BCUT2D eigenvalue weighted by Gasteiger charge is 2.11. The Morgan fingerprint density at radius 2 is 1.71 bits per heavy atom. The highest BCUT2D eigenvalue weighted by atomic mass is 16.5. The number of carbonyl (C=O) groups is 1. The first-order chi connectivity index (χ1) is 15.3. The lowest BCUT2D eigenvalue weighted by molar-refractivity contribution is 0.0975. The van der Waals surface area contributed by atoms with Crippen molar-refractivity contribution in [2.24, 2.45) is 0 Å². The van der Waals surface area contributed by atoms with Gasteiger partial charge in [0.05, 0.1) is 17.7 Å². The molecule has 0 amide bonds. The van der Waals surface area contributed by atoms with E-state index in [9.17, 15) is 4.79 Å². The van der Waals surface area contributed by atoms with Crippen molar-refractivity contribution in [3.8, 4) is 5.75 Å². The smallest absolute Gasteiger partial charge is 0.166 e. The maximum absolute atomic E-state index is 12.7. The summed E-state index contributed by atoms with van der Waals surface area (Å²) in [6.45, 7) is 3.77. The summed E-state index contributed by atoms with van der Waals surface area (Å²) in [5, 5.41) is 4.65. The van der Waals surface area contributed by atoms with Crippen LogP contribution in [0.1, 0.15) is 68.6 Å². The average Bonchev–Trinajstić information content (AvgIpc) is 2.81.